The minimum atomic E-state index is 0.573. The highest BCUT2D eigenvalue weighted by Crippen LogP contribution is 2.37. The zero-order valence-electron chi connectivity index (χ0n) is 12.5. The van der Waals surface area contributed by atoms with Gasteiger partial charge in [0.1, 0.15) is 18.2 Å². The molecule has 3 heterocycles. The minimum absolute atomic E-state index is 0.573. The van der Waals surface area contributed by atoms with E-state index in [-0.39, 0.29) is 0 Å². The van der Waals surface area contributed by atoms with Gasteiger partial charge in [0.25, 0.3) is 0 Å². The number of benzene rings is 1. The van der Waals surface area contributed by atoms with Crippen LogP contribution in [0.2, 0.25) is 5.02 Å². The predicted octanol–water partition coefficient (Wildman–Crippen LogP) is 3.67. The van der Waals surface area contributed by atoms with Crippen LogP contribution in [0.25, 0.3) is 22.5 Å². The molecule has 4 rings (SSSR count). The summed E-state index contributed by atoms with van der Waals surface area (Å²) in [5.74, 6) is 2.20. The van der Waals surface area contributed by atoms with Gasteiger partial charge in [-0.1, -0.05) is 11.6 Å². The van der Waals surface area contributed by atoms with Gasteiger partial charge >= 0.3 is 0 Å². The highest BCUT2D eigenvalue weighted by Gasteiger charge is 2.19. The summed E-state index contributed by atoms with van der Waals surface area (Å²) in [4.78, 5) is 8.90. The summed E-state index contributed by atoms with van der Waals surface area (Å²) in [5, 5.41) is 0.647. The lowest BCUT2D eigenvalue weighted by molar-refractivity contribution is 0.296. The first-order chi connectivity index (χ1) is 11.3. The average molecular weight is 328 g/mol. The number of ether oxygens (including phenoxy) is 2. The first kappa shape index (κ1) is 14.1. The maximum absolute atomic E-state index is 6.14. The van der Waals surface area contributed by atoms with Gasteiger partial charge in [0, 0.05) is 34.7 Å². The standard InChI is InChI=1S/C17H14ClN3O2/c1-22-15-3-2-12(18)9-13(15)11-8-14-16-19-4-5-21(16)6-7-23-17(14)20-10-11/h2-5,8-10H,6-7H2,1H3. The number of imidazole rings is 1. The summed E-state index contributed by atoms with van der Waals surface area (Å²) in [6, 6.07) is 7.53. The van der Waals surface area contributed by atoms with Gasteiger partial charge in [-0.15, -0.1) is 0 Å². The molecule has 6 heteroatoms. The molecule has 2 aromatic heterocycles. The zero-order chi connectivity index (χ0) is 15.8. The minimum Gasteiger partial charge on any atom is -0.496 e. The Morgan fingerprint density at radius 3 is 3.00 bits per heavy atom. The lowest BCUT2D eigenvalue weighted by atomic mass is 10.0. The van der Waals surface area contributed by atoms with Crippen molar-refractivity contribution in [3.8, 4) is 34.1 Å². The number of pyridine rings is 1. The van der Waals surface area contributed by atoms with Gasteiger partial charge in [-0.2, -0.15) is 0 Å². The third kappa shape index (κ3) is 2.43. The molecule has 1 aromatic carbocycles. The first-order valence-electron chi connectivity index (χ1n) is 7.24. The molecule has 5 nitrogen and oxygen atoms in total. The van der Waals surface area contributed by atoms with Crippen molar-refractivity contribution in [3.63, 3.8) is 0 Å². The van der Waals surface area contributed by atoms with Gasteiger partial charge in [0.15, 0.2) is 0 Å². The maximum Gasteiger partial charge on any atom is 0.224 e. The van der Waals surface area contributed by atoms with Gasteiger partial charge in [-0.3, -0.25) is 0 Å². The van der Waals surface area contributed by atoms with E-state index in [1.807, 2.05) is 24.4 Å². The summed E-state index contributed by atoms with van der Waals surface area (Å²) in [7, 11) is 1.64. The van der Waals surface area contributed by atoms with Crippen LogP contribution < -0.4 is 9.47 Å². The van der Waals surface area contributed by atoms with Crippen molar-refractivity contribution in [1.82, 2.24) is 14.5 Å². The van der Waals surface area contributed by atoms with Crippen molar-refractivity contribution in [2.75, 3.05) is 13.7 Å². The molecule has 0 radical (unpaired) electrons. The molecule has 116 valence electrons. The van der Waals surface area contributed by atoms with Crippen LogP contribution in [0.15, 0.2) is 42.9 Å². The van der Waals surface area contributed by atoms with Gasteiger partial charge in [-0.05, 0) is 24.3 Å². The van der Waals surface area contributed by atoms with Crippen molar-refractivity contribution < 1.29 is 9.47 Å². The Morgan fingerprint density at radius 1 is 1.22 bits per heavy atom. The number of methoxy groups -OCH3 is 1. The van der Waals surface area contributed by atoms with E-state index in [0.29, 0.717) is 17.5 Å². The molecule has 0 amide bonds. The van der Waals surface area contributed by atoms with E-state index in [1.54, 1.807) is 25.6 Å². The third-order valence-corrected chi connectivity index (χ3v) is 4.09. The fraction of sp³-hybridized carbons (Fsp3) is 0.176. The van der Waals surface area contributed by atoms with Gasteiger partial charge < -0.3 is 14.0 Å². The predicted molar refractivity (Wildman–Crippen MR) is 88.0 cm³/mol. The Kier molecular flexibility index (Phi) is 3.42. The molecule has 0 N–H and O–H groups in total. The Morgan fingerprint density at radius 2 is 2.13 bits per heavy atom. The Hall–Kier alpha value is -2.53. The third-order valence-electron chi connectivity index (χ3n) is 3.85. The molecular formula is C17H14ClN3O2. The lowest BCUT2D eigenvalue weighted by Gasteiger charge is -2.11. The zero-order valence-corrected chi connectivity index (χ0v) is 13.2. The molecule has 23 heavy (non-hydrogen) atoms. The first-order valence-corrected chi connectivity index (χ1v) is 7.62. The molecule has 0 saturated carbocycles. The second kappa shape index (κ2) is 5.59. The second-order valence-electron chi connectivity index (χ2n) is 5.21. The molecule has 0 saturated heterocycles. The number of hydrogen-bond acceptors (Lipinski definition) is 4. The van der Waals surface area contributed by atoms with Crippen LogP contribution in [0.4, 0.5) is 0 Å². The summed E-state index contributed by atoms with van der Waals surface area (Å²) in [5.41, 5.74) is 2.66. The summed E-state index contributed by atoms with van der Waals surface area (Å²) in [6.45, 7) is 1.32. The van der Waals surface area contributed by atoms with Crippen molar-refractivity contribution in [2.24, 2.45) is 0 Å². The number of fused-ring (bicyclic) bond motifs is 3. The van der Waals surface area contributed by atoms with Crippen molar-refractivity contribution in [3.05, 3.63) is 47.9 Å². The summed E-state index contributed by atoms with van der Waals surface area (Å²) < 4.78 is 13.2. The lowest BCUT2D eigenvalue weighted by Crippen LogP contribution is -2.04. The van der Waals surface area contributed by atoms with Crippen LogP contribution in [-0.2, 0) is 6.54 Å². The average Bonchev–Trinajstić information content (AvgIpc) is 2.96. The number of hydrogen-bond donors (Lipinski definition) is 0. The molecule has 0 unspecified atom stereocenters. The van der Waals surface area contributed by atoms with Crippen LogP contribution in [0, 0.1) is 0 Å². The largest absolute Gasteiger partial charge is 0.496 e. The van der Waals surface area contributed by atoms with Gasteiger partial charge in [-0.25, -0.2) is 9.97 Å². The van der Waals surface area contributed by atoms with Gasteiger partial charge in [0.05, 0.1) is 19.2 Å². The number of halogens is 1. The quantitative estimate of drug-likeness (QED) is 0.720. The smallest absolute Gasteiger partial charge is 0.224 e. The van der Waals surface area contributed by atoms with E-state index in [0.717, 1.165) is 34.8 Å². The monoisotopic (exact) mass is 327 g/mol. The number of aromatic nitrogens is 3. The molecule has 0 aliphatic carbocycles. The van der Waals surface area contributed by atoms with E-state index < -0.39 is 0 Å². The van der Waals surface area contributed by atoms with E-state index >= 15 is 0 Å². The van der Waals surface area contributed by atoms with Crippen LogP contribution in [0.5, 0.6) is 11.6 Å². The van der Waals surface area contributed by atoms with E-state index in [1.165, 1.54) is 0 Å². The molecule has 1 aliphatic rings. The van der Waals surface area contributed by atoms with E-state index in [9.17, 15) is 0 Å². The maximum atomic E-state index is 6.14. The normalized spacial score (nSPS) is 12.8. The Balaban J connectivity index is 1.90. The van der Waals surface area contributed by atoms with Crippen LogP contribution >= 0.6 is 11.6 Å². The Bertz CT molecular complexity index is 876. The van der Waals surface area contributed by atoms with Crippen molar-refractivity contribution >= 4 is 11.6 Å². The molecular weight excluding hydrogens is 314 g/mol. The topological polar surface area (TPSA) is 49.2 Å². The highest BCUT2D eigenvalue weighted by molar-refractivity contribution is 6.31. The molecule has 0 fully saturated rings. The van der Waals surface area contributed by atoms with Gasteiger partial charge in [0.2, 0.25) is 5.88 Å². The molecule has 1 aliphatic heterocycles. The molecule has 3 aromatic rings. The van der Waals surface area contributed by atoms with Crippen LogP contribution in [0.1, 0.15) is 0 Å². The molecule has 0 bridgehead atoms. The number of rotatable bonds is 2. The van der Waals surface area contributed by atoms with Crippen LogP contribution in [-0.4, -0.2) is 28.3 Å². The molecule has 0 atom stereocenters. The van der Waals surface area contributed by atoms with Crippen LogP contribution in [0.3, 0.4) is 0 Å². The Labute approximate surface area is 138 Å². The SMILES string of the molecule is COc1ccc(Cl)cc1-c1cnc2c(c1)-c1nccn1CCO2. The van der Waals surface area contributed by atoms with Crippen molar-refractivity contribution in [1.29, 1.82) is 0 Å². The number of nitrogens with zero attached hydrogens (tertiary/aromatic N) is 3. The fourth-order valence-corrected chi connectivity index (χ4v) is 2.93. The fourth-order valence-electron chi connectivity index (χ4n) is 2.76. The summed E-state index contributed by atoms with van der Waals surface area (Å²) in [6.07, 6.45) is 5.50. The summed E-state index contributed by atoms with van der Waals surface area (Å²) >= 11 is 6.14. The molecule has 0 spiro atoms. The second-order valence-corrected chi connectivity index (χ2v) is 5.65. The van der Waals surface area contributed by atoms with E-state index in [4.69, 9.17) is 21.1 Å². The van der Waals surface area contributed by atoms with E-state index in [2.05, 4.69) is 14.5 Å². The highest BCUT2D eigenvalue weighted by atomic mass is 35.5. The van der Waals surface area contributed by atoms with Crippen molar-refractivity contribution in [2.45, 2.75) is 6.54 Å².